The van der Waals surface area contributed by atoms with Gasteiger partial charge in [-0.05, 0) is 45.4 Å². The van der Waals surface area contributed by atoms with Crippen molar-refractivity contribution < 1.29 is 36.6 Å². The molecule has 208 valence electrons. The minimum Gasteiger partial charge on any atom is -0.480 e. The second kappa shape index (κ2) is 10.2. The first-order chi connectivity index (χ1) is 17.6. The van der Waals surface area contributed by atoms with E-state index in [2.05, 4.69) is 10.4 Å². The Kier molecular flexibility index (Phi) is 7.51. The molecule has 1 aromatic heterocycles. The highest BCUT2D eigenvalue weighted by Gasteiger charge is 2.43. The zero-order valence-electron chi connectivity index (χ0n) is 21.5. The van der Waals surface area contributed by atoms with Gasteiger partial charge in [-0.15, -0.1) is 0 Å². The molecule has 3 atom stereocenters. The molecular weight excluding hydrogens is 524 g/mol. The van der Waals surface area contributed by atoms with Gasteiger partial charge in [0.05, 0.1) is 30.6 Å². The third kappa shape index (κ3) is 6.30. The summed E-state index contributed by atoms with van der Waals surface area (Å²) < 4.78 is 59.2. The van der Waals surface area contributed by atoms with Crippen LogP contribution in [0.2, 0.25) is 0 Å². The fourth-order valence-corrected chi connectivity index (χ4v) is 5.63. The molecule has 0 spiro atoms. The molecule has 11 nitrogen and oxygen atoms in total. The Morgan fingerprint density at radius 2 is 1.95 bits per heavy atom. The van der Waals surface area contributed by atoms with Crippen LogP contribution in [0.5, 0.6) is 0 Å². The van der Waals surface area contributed by atoms with Crippen LogP contribution in [0, 0.1) is 11.6 Å². The lowest BCUT2D eigenvalue weighted by molar-refractivity contribution is -0.140. The van der Waals surface area contributed by atoms with E-state index in [1.54, 1.807) is 20.8 Å². The van der Waals surface area contributed by atoms with E-state index in [-0.39, 0.29) is 24.6 Å². The maximum absolute atomic E-state index is 15.0. The zero-order valence-corrected chi connectivity index (χ0v) is 22.3. The Balaban J connectivity index is 1.66. The third-order valence-corrected chi connectivity index (χ3v) is 7.37. The number of carboxylic acid groups (broad SMARTS) is 1. The van der Waals surface area contributed by atoms with Crippen molar-refractivity contribution in [3.05, 3.63) is 52.9 Å². The highest BCUT2D eigenvalue weighted by atomic mass is 32.2. The molecule has 0 aliphatic carbocycles. The van der Waals surface area contributed by atoms with Crippen molar-refractivity contribution in [1.29, 1.82) is 0 Å². The summed E-state index contributed by atoms with van der Waals surface area (Å²) in [5, 5.41) is 16.6. The highest BCUT2D eigenvalue weighted by Crippen LogP contribution is 2.37. The largest absolute Gasteiger partial charge is 0.480 e. The lowest BCUT2D eigenvalue weighted by atomic mass is 9.87. The minimum atomic E-state index is -3.54. The fraction of sp³-hybridized carbons (Fsp3) is 0.542. The van der Waals surface area contributed by atoms with Crippen molar-refractivity contribution in [2.75, 3.05) is 19.3 Å². The van der Waals surface area contributed by atoms with Crippen LogP contribution in [0.15, 0.2) is 24.4 Å². The van der Waals surface area contributed by atoms with E-state index in [0.717, 1.165) is 34.1 Å². The number of nitrogens with zero attached hydrogens (tertiary/aromatic N) is 4. The summed E-state index contributed by atoms with van der Waals surface area (Å²) in [5.41, 5.74) is 0.409. The summed E-state index contributed by atoms with van der Waals surface area (Å²) in [7, 11) is -3.54. The maximum atomic E-state index is 15.0. The van der Waals surface area contributed by atoms with Gasteiger partial charge in [0.1, 0.15) is 17.2 Å². The van der Waals surface area contributed by atoms with Crippen LogP contribution in [0.3, 0.4) is 0 Å². The summed E-state index contributed by atoms with van der Waals surface area (Å²) in [6.45, 7) is 5.42. The topological polar surface area (TPSA) is 134 Å². The van der Waals surface area contributed by atoms with Crippen LogP contribution >= 0.6 is 0 Å². The maximum Gasteiger partial charge on any atom is 0.407 e. The lowest BCUT2D eigenvalue weighted by Crippen LogP contribution is -2.59. The summed E-state index contributed by atoms with van der Waals surface area (Å²) in [6.07, 6.45) is 2.00. The van der Waals surface area contributed by atoms with E-state index in [0.29, 0.717) is 18.8 Å². The minimum absolute atomic E-state index is 0.0695. The van der Waals surface area contributed by atoms with Crippen molar-refractivity contribution in [1.82, 2.24) is 24.3 Å². The molecule has 2 aromatic rings. The lowest BCUT2D eigenvalue weighted by Gasteiger charge is -2.47. The first kappa shape index (κ1) is 27.9. The number of fused-ring (bicyclic) bond motifs is 1. The van der Waals surface area contributed by atoms with Crippen LogP contribution < -0.4 is 5.32 Å². The van der Waals surface area contributed by atoms with E-state index in [9.17, 15) is 31.9 Å². The average Bonchev–Trinajstić information content (AvgIpc) is 3.33. The summed E-state index contributed by atoms with van der Waals surface area (Å²) in [4.78, 5) is 28.1. The SMILES string of the molecule is CC(C)(C)OC(=O)N[C@H]1C[C@@H](N2Cc3cn(S(C)(=O)=O)nc3C2)CN(CC(=O)O)[C@@H]1c1cc(F)ccc1F. The van der Waals surface area contributed by atoms with Crippen molar-refractivity contribution in [3.63, 3.8) is 0 Å². The Hall–Kier alpha value is -3.10. The molecule has 3 heterocycles. The predicted molar refractivity (Wildman–Crippen MR) is 132 cm³/mol. The standard InChI is InChI=1S/C24H31F2N5O6S/c1-24(2,3)37-23(34)27-19-8-16(29-9-14-10-31(38(4,35)36)28-20(14)12-29)11-30(13-21(32)33)22(19)17-7-15(25)5-6-18(17)26/h5-7,10,16,19,22H,8-9,11-13H2,1-4H3,(H,27,34)(H,32,33)/t16-,19+,22-/m1/s1. The molecule has 1 saturated heterocycles. The molecule has 14 heteroatoms. The molecule has 0 unspecified atom stereocenters. The number of aliphatic carboxylic acids is 1. The number of halogens is 2. The third-order valence-electron chi connectivity index (χ3n) is 6.50. The van der Waals surface area contributed by atoms with Gasteiger partial charge in [-0.1, -0.05) is 0 Å². The van der Waals surface area contributed by atoms with Gasteiger partial charge >= 0.3 is 12.1 Å². The van der Waals surface area contributed by atoms with Crippen molar-refractivity contribution >= 4 is 22.1 Å². The molecule has 2 aliphatic heterocycles. The Morgan fingerprint density at radius 3 is 2.55 bits per heavy atom. The summed E-state index contributed by atoms with van der Waals surface area (Å²) in [6, 6.07) is 0.828. The summed E-state index contributed by atoms with van der Waals surface area (Å²) >= 11 is 0. The van der Waals surface area contributed by atoms with Crippen molar-refractivity contribution in [2.24, 2.45) is 0 Å². The van der Waals surface area contributed by atoms with Crippen LogP contribution in [0.4, 0.5) is 13.6 Å². The van der Waals surface area contributed by atoms with Gasteiger partial charge in [-0.3, -0.25) is 14.6 Å². The monoisotopic (exact) mass is 555 g/mol. The van der Waals surface area contributed by atoms with Gasteiger partial charge in [0, 0.05) is 43.0 Å². The Morgan fingerprint density at radius 1 is 1.24 bits per heavy atom. The van der Waals surface area contributed by atoms with Crippen LogP contribution in [-0.4, -0.2) is 81.6 Å². The van der Waals surface area contributed by atoms with E-state index in [1.165, 1.54) is 11.1 Å². The quantitative estimate of drug-likeness (QED) is 0.549. The highest BCUT2D eigenvalue weighted by molar-refractivity contribution is 7.89. The number of amides is 1. The first-order valence-corrected chi connectivity index (χ1v) is 13.9. The van der Waals surface area contributed by atoms with Gasteiger partial charge in [-0.2, -0.15) is 9.19 Å². The number of alkyl carbamates (subject to hydrolysis) is 1. The fourth-order valence-electron chi connectivity index (χ4n) is 5.07. The molecule has 38 heavy (non-hydrogen) atoms. The number of carbonyl (C=O) groups excluding carboxylic acids is 1. The molecule has 1 fully saturated rings. The number of piperidine rings is 1. The Bertz CT molecular complexity index is 1320. The molecule has 0 saturated carbocycles. The number of rotatable bonds is 6. The first-order valence-electron chi connectivity index (χ1n) is 12.0. The molecule has 2 N–H and O–H groups in total. The number of nitrogens with one attached hydrogen (secondary N) is 1. The molecule has 1 aromatic carbocycles. The molecule has 1 amide bonds. The number of hydrogen-bond acceptors (Lipinski definition) is 8. The van der Waals surface area contributed by atoms with Gasteiger partial charge in [-0.25, -0.2) is 22.0 Å². The summed E-state index contributed by atoms with van der Waals surface area (Å²) in [5.74, 6) is -2.59. The molecule has 0 bridgehead atoms. The van der Waals surface area contributed by atoms with Gasteiger partial charge < -0.3 is 15.2 Å². The van der Waals surface area contributed by atoms with E-state index >= 15 is 0 Å². The number of carboxylic acids is 1. The average molecular weight is 556 g/mol. The number of carbonyl (C=O) groups is 2. The second-order valence-corrected chi connectivity index (χ2v) is 12.6. The predicted octanol–water partition coefficient (Wildman–Crippen LogP) is 2.08. The van der Waals surface area contributed by atoms with Crippen LogP contribution in [0.1, 0.15) is 50.1 Å². The normalized spacial score (nSPS) is 22.7. The Labute approximate surface area is 219 Å². The van der Waals surface area contributed by atoms with Crippen molar-refractivity contribution in [2.45, 2.75) is 64.0 Å². The van der Waals surface area contributed by atoms with Gasteiger partial charge in [0.15, 0.2) is 0 Å². The number of hydrogen-bond donors (Lipinski definition) is 2. The number of benzene rings is 1. The molecule has 0 radical (unpaired) electrons. The molecular formula is C24H31F2N5O6S. The molecule has 2 aliphatic rings. The number of ether oxygens (including phenoxy) is 1. The van der Waals surface area contributed by atoms with Gasteiger partial charge in [0.25, 0.3) is 10.0 Å². The van der Waals surface area contributed by atoms with Crippen LogP contribution in [0.25, 0.3) is 0 Å². The van der Waals surface area contributed by atoms with Gasteiger partial charge in [0.2, 0.25) is 0 Å². The molecule has 4 rings (SSSR count). The number of likely N-dealkylation sites (tertiary alicyclic amines) is 1. The van der Waals surface area contributed by atoms with Crippen molar-refractivity contribution in [3.8, 4) is 0 Å². The van der Waals surface area contributed by atoms with E-state index in [1.807, 2.05) is 4.90 Å². The number of aromatic nitrogens is 2. The zero-order chi connectivity index (χ0) is 28.0. The smallest absolute Gasteiger partial charge is 0.407 e. The van der Waals surface area contributed by atoms with Crippen LogP contribution in [-0.2, 0) is 32.6 Å². The second-order valence-electron chi connectivity index (χ2n) is 10.7. The van der Waals surface area contributed by atoms with E-state index in [4.69, 9.17) is 4.74 Å². The van der Waals surface area contributed by atoms with E-state index < -0.39 is 57.9 Å².